The second-order valence-corrected chi connectivity index (χ2v) is 4.56. The molecule has 2 aromatic carbocycles. The van der Waals surface area contributed by atoms with Crippen LogP contribution in [0.1, 0.15) is 33.2 Å². The lowest BCUT2D eigenvalue weighted by Crippen LogP contribution is -2.10. The molecule has 0 saturated carbocycles. The Kier molecular flexibility index (Phi) is 4.70. The molecule has 0 spiro atoms. The van der Waals surface area contributed by atoms with Gasteiger partial charge in [0.25, 0.3) is 5.69 Å². The minimum absolute atomic E-state index is 0.0814. The van der Waals surface area contributed by atoms with Crippen molar-refractivity contribution in [3.63, 3.8) is 0 Å². The number of esters is 1. The van der Waals surface area contributed by atoms with Crippen molar-refractivity contribution < 1.29 is 24.4 Å². The highest BCUT2D eigenvalue weighted by atomic mass is 16.6. The van der Waals surface area contributed by atoms with E-state index in [1.165, 1.54) is 12.1 Å². The Hall–Kier alpha value is -3.22. The van der Waals surface area contributed by atoms with Crippen LogP contribution in [0.15, 0.2) is 42.5 Å². The summed E-state index contributed by atoms with van der Waals surface area (Å²) in [6.07, 6.45) is 0. The van der Waals surface area contributed by atoms with Gasteiger partial charge in [-0.15, -0.1) is 0 Å². The summed E-state index contributed by atoms with van der Waals surface area (Å²) >= 11 is 0. The molecule has 0 radical (unpaired) electrons. The highest BCUT2D eigenvalue weighted by Crippen LogP contribution is 2.32. The second-order valence-electron chi connectivity index (χ2n) is 4.56. The monoisotopic (exact) mass is 315 g/mol. The maximum absolute atomic E-state index is 12.4. The first-order chi connectivity index (χ1) is 11.0. The number of benzene rings is 2. The molecule has 118 valence electrons. The van der Waals surface area contributed by atoms with Crippen LogP contribution < -0.4 is 0 Å². The molecule has 0 unspecified atom stereocenters. The zero-order valence-electron chi connectivity index (χ0n) is 12.2. The number of phenolic OH excluding ortho intramolecular Hbond substituents is 1. The number of ketones is 1. The average Bonchev–Trinajstić information content (AvgIpc) is 2.54. The van der Waals surface area contributed by atoms with E-state index >= 15 is 0 Å². The number of phenols is 1. The lowest BCUT2D eigenvalue weighted by molar-refractivity contribution is -0.385. The Morgan fingerprint density at radius 2 is 1.83 bits per heavy atom. The fraction of sp³-hybridized carbons (Fsp3) is 0.125. The van der Waals surface area contributed by atoms with Crippen LogP contribution in [0, 0.1) is 10.1 Å². The van der Waals surface area contributed by atoms with E-state index in [2.05, 4.69) is 0 Å². The third-order valence-electron chi connectivity index (χ3n) is 3.07. The van der Waals surface area contributed by atoms with Crippen LogP contribution in [-0.4, -0.2) is 28.4 Å². The van der Waals surface area contributed by atoms with Gasteiger partial charge in [-0.25, -0.2) is 4.79 Å². The zero-order chi connectivity index (χ0) is 17.0. The number of rotatable bonds is 5. The van der Waals surface area contributed by atoms with Crippen molar-refractivity contribution >= 4 is 17.4 Å². The summed E-state index contributed by atoms with van der Waals surface area (Å²) in [5, 5.41) is 21.3. The summed E-state index contributed by atoms with van der Waals surface area (Å²) < 4.78 is 4.75. The van der Waals surface area contributed by atoms with Gasteiger partial charge in [-0.3, -0.25) is 14.9 Å². The molecule has 7 nitrogen and oxygen atoms in total. The van der Waals surface area contributed by atoms with E-state index in [-0.39, 0.29) is 17.7 Å². The molecular weight excluding hydrogens is 302 g/mol. The molecular formula is C16H13NO6. The number of hydrogen-bond donors (Lipinski definition) is 1. The summed E-state index contributed by atoms with van der Waals surface area (Å²) in [4.78, 5) is 34.5. The molecule has 0 aliphatic carbocycles. The van der Waals surface area contributed by atoms with Gasteiger partial charge in [-0.1, -0.05) is 30.3 Å². The summed E-state index contributed by atoms with van der Waals surface area (Å²) in [5.74, 6) is -2.16. The first kappa shape index (κ1) is 16.2. The van der Waals surface area contributed by atoms with Gasteiger partial charge in [0.2, 0.25) is 5.78 Å². The van der Waals surface area contributed by atoms with Crippen LogP contribution in [0.25, 0.3) is 0 Å². The van der Waals surface area contributed by atoms with E-state index in [9.17, 15) is 24.8 Å². The molecule has 1 N–H and O–H groups in total. The van der Waals surface area contributed by atoms with Gasteiger partial charge in [0.1, 0.15) is 11.3 Å². The molecule has 7 heteroatoms. The standard InChI is InChI=1S/C16H13NO6/c1-2-23-16(20)11-8-12(17(21)22)14(13(18)9-11)15(19)10-6-4-3-5-7-10/h3-9,18H,2H2,1H3. The Morgan fingerprint density at radius 1 is 1.17 bits per heavy atom. The topological polar surface area (TPSA) is 107 Å². The predicted octanol–water partition coefficient (Wildman–Crippen LogP) is 2.71. The molecule has 0 bridgehead atoms. The molecule has 0 saturated heterocycles. The summed E-state index contributed by atoms with van der Waals surface area (Å²) in [7, 11) is 0. The number of hydrogen-bond acceptors (Lipinski definition) is 6. The Labute approximate surface area is 131 Å². The molecule has 2 rings (SSSR count). The first-order valence-corrected chi connectivity index (χ1v) is 6.74. The number of nitrogens with zero attached hydrogens (tertiary/aromatic N) is 1. The smallest absolute Gasteiger partial charge is 0.338 e. The van der Waals surface area contributed by atoms with Crippen molar-refractivity contribution in [2.75, 3.05) is 6.61 Å². The highest BCUT2D eigenvalue weighted by Gasteiger charge is 2.28. The van der Waals surface area contributed by atoms with E-state index in [1.807, 2.05) is 0 Å². The van der Waals surface area contributed by atoms with E-state index < -0.39 is 33.7 Å². The van der Waals surface area contributed by atoms with Gasteiger partial charge in [-0.2, -0.15) is 0 Å². The number of carbonyl (C=O) groups is 2. The fourth-order valence-electron chi connectivity index (χ4n) is 2.05. The summed E-state index contributed by atoms with van der Waals surface area (Å²) in [6.45, 7) is 1.66. The van der Waals surface area contributed by atoms with Crippen LogP contribution >= 0.6 is 0 Å². The van der Waals surface area contributed by atoms with Crippen molar-refractivity contribution in [1.82, 2.24) is 0 Å². The number of ether oxygens (including phenoxy) is 1. The van der Waals surface area contributed by atoms with E-state index in [0.29, 0.717) is 0 Å². The van der Waals surface area contributed by atoms with Crippen molar-refractivity contribution in [3.8, 4) is 5.75 Å². The highest BCUT2D eigenvalue weighted by molar-refractivity contribution is 6.13. The van der Waals surface area contributed by atoms with Gasteiger partial charge in [0, 0.05) is 11.6 Å². The van der Waals surface area contributed by atoms with Gasteiger partial charge in [0.15, 0.2) is 0 Å². The van der Waals surface area contributed by atoms with Crippen molar-refractivity contribution in [1.29, 1.82) is 0 Å². The van der Waals surface area contributed by atoms with Crippen molar-refractivity contribution in [3.05, 3.63) is 69.3 Å². The molecule has 2 aromatic rings. The van der Waals surface area contributed by atoms with E-state index in [4.69, 9.17) is 4.74 Å². The van der Waals surface area contributed by atoms with Gasteiger partial charge in [0.05, 0.1) is 17.1 Å². The Balaban J connectivity index is 2.58. The van der Waals surface area contributed by atoms with Gasteiger partial charge in [-0.05, 0) is 13.0 Å². The number of nitro benzene ring substituents is 1. The van der Waals surface area contributed by atoms with Gasteiger partial charge >= 0.3 is 5.97 Å². The molecule has 0 aliphatic heterocycles. The van der Waals surface area contributed by atoms with E-state index in [1.54, 1.807) is 25.1 Å². The van der Waals surface area contributed by atoms with Crippen LogP contribution in [0.5, 0.6) is 5.75 Å². The molecule has 0 aliphatic rings. The molecule has 23 heavy (non-hydrogen) atoms. The SMILES string of the molecule is CCOC(=O)c1cc(O)c(C(=O)c2ccccc2)c([N+](=O)[O-])c1. The quantitative estimate of drug-likeness (QED) is 0.393. The van der Waals surface area contributed by atoms with E-state index in [0.717, 1.165) is 12.1 Å². The predicted molar refractivity (Wildman–Crippen MR) is 80.6 cm³/mol. The maximum atomic E-state index is 12.4. The largest absolute Gasteiger partial charge is 0.507 e. The molecule has 0 fully saturated rings. The molecule has 0 atom stereocenters. The Bertz CT molecular complexity index is 770. The summed E-state index contributed by atoms with van der Waals surface area (Å²) in [5.41, 5.74) is -1.12. The van der Waals surface area contributed by atoms with Crippen molar-refractivity contribution in [2.24, 2.45) is 0 Å². The minimum Gasteiger partial charge on any atom is -0.507 e. The van der Waals surface area contributed by atoms with Crippen LogP contribution in [0.3, 0.4) is 0 Å². The number of carbonyl (C=O) groups excluding carboxylic acids is 2. The average molecular weight is 315 g/mol. The van der Waals surface area contributed by atoms with Gasteiger partial charge < -0.3 is 9.84 Å². The zero-order valence-corrected chi connectivity index (χ0v) is 12.2. The van der Waals surface area contributed by atoms with Crippen LogP contribution in [0.4, 0.5) is 5.69 Å². The third-order valence-corrected chi connectivity index (χ3v) is 3.07. The number of aromatic hydroxyl groups is 1. The Morgan fingerprint density at radius 3 is 2.39 bits per heavy atom. The van der Waals surface area contributed by atoms with Crippen LogP contribution in [-0.2, 0) is 4.74 Å². The summed E-state index contributed by atoms with van der Waals surface area (Å²) in [6, 6.07) is 9.76. The van der Waals surface area contributed by atoms with Crippen molar-refractivity contribution in [2.45, 2.75) is 6.92 Å². The second kappa shape index (κ2) is 6.69. The lowest BCUT2D eigenvalue weighted by atomic mass is 9.99. The van der Waals surface area contributed by atoms with Crippen LogP contribution in [0.2, 0.25) is 0 Å². The maximum Gasteiger partial charge on any atom is 0.338 e. The first-order valence-electron chi connectivity index (χ1n) is 6.74. The normalized spacial score (nSPS) is 10.1. The minimum atomic E-state index is -0.821. The molecule has 0 heterocycles. The molecule has 0 amide bonds. The lowest BCUT2D eigenvalue weighted by Gasteiger charge is -2.08. The fourth-order valence-corrected chi connectivity index (χ4v) is 2.05. The third kappa shape index (κ3) is 3.34. The number of nitro groups is 1. The molecule has 0 aromatic heterocycles.